The molecule has 1 aliphatic carbocycles. The number of cyclic esters (lactones) is 1. The molecule has 2 aromatic rings. The average molecular weight is 350 g/mol. The number of nitrogens with one attached hydrogen (secondary N) is 1. The Hall–Kier alpha value is -2.92. The summed E-state index contributed by atoms with van der Waals surface area (Å²) in [4.78, 5) is 17.8. The second kappa shape index (κ2) is 5.54. The third kappa shape index (κ3) is 2.14. The summed E-state index contributed by atoms with van der Waals surface area (Å²) in [7, 11) is 0. The van der Waals surface area contributed by atoms with Gasteiger partial charge in [0.25, 0.3) is 5.54 Å². The first kappa shape index (κ1) is 15.3. The second-order valence-corrected chi connectivity index (χ2v) is 7.10. The number of rotatable bonds is 4. The molecule has 4 atom stereocenters. The lowest BCUT2D eigenvalue weighted by Crippen LogP contribution is -2.26. The molecule has 3 aliphatic rings. The number of anilines is 1. The van der Waals surface area contributed by atoms with Gasteiger partial charge >= 0.3 is 6.09 Å². The number of carbonyl (C=O) groups is 1. The van der Waals surface area contributed by atoms with Gasteiger partial charge in [0, 0.05) is 30.5 Å². The normalized spacial score (nSPS) is 32.2. The minimum atomic E-state index is -0.370. The highest BCUT2D eigenvalue weighted by atomic mass is 16.6. The van der Waals surface area contributed by atoms with Crippen LogP contribution in [0.25, 0.3) is 4.85 Å². The maximum atomic E-state index is 12.2. The van der Waals surface area contributed by atoms with E-state index in [0.29, 0.717) is 24.9 Å². The zero-order valence-electron chi connectivity index (χ0n) is 14.1. The molecule has 1 amide bonds. The van der Waals surface area contributed by atoms with Crippen LogP contribution in [0, 0.1) is 18.4 Å². The molecule has 132 valence electrons. The summed E-state index contributed by atoms with van der Waals surface area (Å²) in [5.41, 5.74) is 1.48. The number of ether oxygens (including phenoxy) is 1. The zero-order valence-corrected chi connectivity index (χ0v) is 14.1. The smallest absolute Gasteiger partial charge is 0.414 e. The summed E-state index contributed by atoms with van der Waals surface area (Å²) in [6.45, 7) is 10.5. The molecule has 2 aliphatic heterocycles. The van der Waals surface area contributed by atoms with E-state index in [0.717, 1.165) is 24.3 Å². The molecule has 3 heterocycles. The number of nitrogens with zero attached hydrogens (tertiary/aromatic N) is 5. The van der Waals surface area contributed by atoms with E-state index < -0.39 is 0 Å². The van der Waals surface area contributed by atoms with Crippen molar-refractivity contribution in [3.8, 4) is 0 Å². The quantitative estimate of drug-likeness (QED) is 0.841. The molecule has 2 saturated heterocycles. The Morgan fingerprint density at radius 3 is 2.73 bits per heavy atom. The van der Waals surface area contributed by atoms with Crippen LogP contribution in [0.3, 0.4) is 0 Å². The van der Waals surface area contributed by atoms with Crippen molar-refractivity contribution in [2.45, 2.75) is 18.2 Å². The number of amides is 1. The molecule has 1 aromatic heterocycles. The number of aromatic nitrogens is 3. The molecule has 1 aromatic carbocycles. The first-order valence-corrected chi connectivity index (χ1v) is 8.74. The highest BCUT2D eigenvalue weighted by molar-refractivity contribution is 5.89. The van der Waals surface area contributed by atoms with Crippen LogP contribution in [0.4, 0.5) is 10.5 Å². The summed E-state index contributed by atoms with van der Waals surface area (Å²) in [6, 6.07) is 7.82. The number of benzene rings is 1. The van der Waals surface area contributed by atoms with Crippen LogP contribution < -0.4 is 10.2 Å². The van der Waals surface area contributed by atoms with Gasteiger partial charge < -0.3 is 14.9 Å². The van der Waals surface area contributed by atoms with Gasteiger partial charge in [0.2, 0.25) is 0 Å². The van der Waals surface area contributed by atoms with Crippen molar-refractivity contribution in [1.82, 2.24) is 20.3 Å². The Labute approximate surface area is 150 Å². The van der Waals surface area contributed by atoms with E-state index in [1.807, 2.05) is 24.3 Å². The summed E-state index contributed by atoms with van der Waals surface area (Å²) in [5, 5.41) is 11.0. The topological polar surface area (TPSA) is 76.6 Å². The Bertz CT molecular complexity index is 862. The summed E-state index contributed by atoms with van der Waals surface area (Å²) >= 11 is 0. The zero-order chi connectivity index (χ0) is 17.7. The lowest BCUT2D eigenvalue weighted by Gasteiger charge is -2.15. The molecule has 8 nitrogen and oxygen atoms in total. The van der Waals surface area contributed by atoms with Gasteiger partial charge in [0.15, 0.2) is 0 Å². The van der Waals surface area contributed by atoms with Crippen molar-refractivity contribution in [2.24, 2.45) is 11.8 Å². The molecule has 1 saturated carbocycles. The Kier molecular flexibility index (Phi) is 3.27. The monoisotopic (exact) mass is 350 g/mol. The molecule has 5 rings (SSSR count). The van der Waals surface area contributed by atoms with E-state index in [4.69, 9.17) is 11.3 Å². The minimum Gasteiger partial charge on any atom is -0.442 e. The second-order valence-electron chi connectivity index (χ2n) is 7.10. The Balaban J connectivity index is 1.32. The SMILES string of the molecule is [C-]#[N+]C1(c2ccc(N3C[C@H](Cn4ccnn4)OC3=O)cc2)[C@@H]2CNC[C@@H]21. The standard InChI is InChI=1S/C18H18N6O2/c1-19-18(15-8-20-9-16(15)18)12-2-4-13(5-3-12)24-11-14(26-17(24)25)10-23-7-6-21-22-23/h2-7,14-16,20H,8-11H2/t14-,15-,16+,18?/m0/s1. The van der Waals surface area contributed by atoms with E-state index >= 15 is 0 Å². The number of fused-ring (bicyclic) bond motifs is 1. The fourth-order valence-electron chi connectivity index (χ4n) is 4.44. The van der Waals surface area contributed by atoms with Gasteiger partial charge in [-0.25, -0.2) is 16.0 Å². The van der Waals surface area contributed by atoms with Crippen molar-refractivity contribution in [3.05, 3.63) is 53.6 Å². The van der Waals surface area contributed by atoms with Gasteiger partial charge in [-0.05, 0) is 24.3 Å². The number of hydrogen-bond acceptors (Lipinski definition) is 5. The van der Waals surface area contributed by atoms with Crippen molar-refractivity contribution < 1.29 is 9.53 Å². The van der Waals surface area contributed by atoms with Gasteiger partial charge in [0.1, 0.15) is 6.10 Å². The van der Waals surface area contributed by atoms with Crippen LogP contribution in [-0.4, -0.2) is 46.8 Å². The van der Waals surface area contributed by atoms with Crippen molar-refractivity contribution >= 4 is 11.8 Å². The van der Waals surface area contributed by atoms with Crippen molar-refractivity contribution in [1.29, 1.82) is 0 Å². The molecular weight excluding hydrogens is 332 g/mol. The number of piperidine rings is 1. The van der Waals surface area contributed by atoms with Gasteiger partial charge in [-0.3, -0.25) is 4.90 Å². The highest BCUT2D eigenvalue weighted by Gasteiger charge is 2.75. The van der Waals surface area contributed by atoms with Gasteiger partial charge in [-0.2, -0.15) is 0 Å². The third-order valence-corrected chi connectivity index (χ3v) is 5.80. The molecular formula is C18H18N6O2. The Morgan fingerprint density at radius 2 is 2.08 bits per heavy atom. The van der Waals surface area contributed by atoms with E-state index in [-0.39, 0.29) is 17.7 Å². The van der Waals surface area contributed by atoms with Crippen LogP contribution in [-0.2, 0) is 16.8 Å². The molecule has 1 N–H and O–H groups in total. The van der Waals surface area contributed by atoms with Crippen LogP contribution in [0.15, 0.2) is 36.7 Å². The van der Waals surface area contributed by atoms with E-state index in [1.165, 1.54) is 0 Å². The molecule has 3 fully saturated rings. The third-order valence-electron chi connectivity index (χ3n) is 5.80. The summed E-state index contributed by atoms with van der Waals surface area (Å²) in [6.07, 6.45) is 2.74. The van der Waals surface area contributed by atoms with E-state index in [9.17, 15) is 4.79 Å². The van der Waals surface area contributed by atoms with Crippen LogP contribution >= 0.6 is 0 Å². The van der Waals surface area contributed by atoms with Gasteiger partial charge in [-0.1, -0.05) is 5.21 Å². The van der Waals surface area contributed by atoms with Crippen molar-refractivity contribution in [2.75, 3.05) is 24.5 Å². The lowest BCUT2D eigenvalue weighted by atomic mass is 10.00. The largest absolute Gasteiger partial charge is 0.442 e. The number of hydrogen-bond donors (Lipinski definition) is 1. The molecule has 0 spiro atoms. The van der Waals surface area contributed by atoms with Crippen LogP contribution in [0.5, 0.6) is 0 Å². The molecule has 8 heteroatoms. The average Bonchev–Trinajstić information content (AvgIpc) is 3.19. The van der Waals surface area contributed by atoms with Crippen LogP contribution in [0.1, 0.15) is 5.56 Å². The predicted molar refractivity (Wildman–Crippen MR) is 92.2 cm³/mol. The maximum absolute atomic E-state index is 12.2. The van der Waals surface area contributed by atoms with E-state index in [1.54, 1.807) is 22.0 Å². The molecule has 0 radical (unpaired) electrons. The molecule has 1 unspecified atom stereocenters. The summed E-state index contributed by atoms with van der Waals surface area (Å²) in [5.74, 6) is 0.823. The van der Waals surface area contributed by atoms with Crippen molar-refractivity contribution in [3.63, 3.8) is 0 Å². The van der Waals surface area contributed by atoms with Gasteiger partial charge in [-0.15, -0.1) is 5.10 Å². The van der Waals surface area contributed by atoms with E-state index in [2.05, 4.69) is 20.5 Å². The molecule has 0 bridgehead atoms. The fraction of sp³-hybridized carbons (Fsp3) is 0.444. The highest BCUT2D eigenvalue weighted by Crippen LogP contribution is 2.62. The summed E-state index contributed by atoms with van der Waals surface area (Å²) < 4.78 is 7.09. The van der Waals surface area contributed by atoms with Crippen LogP contribution in [0.2, 0.25) is 0 Å². The first-order valence-electron chi connectivity index (χ1n) is 8.74. The fourth-order valence-corrected chi connectivity index (χ4v) is 4.44. The first-order chi connectivity index (χ1) is 12.7. The Morgan fingerprint density at radius 1 is 1.31 bits per heavy atom. The maximum Gasteiger partial charge on any atom is 0.414 e. The minimum absolute atomic E-state index is 0.257. The lowest BCUT2D eigenvalue weighted by molar-refractivity contribution is 0.129. The predicted octanol–water partition coefficient (Wildman–Crippen LogP) is 1.27. The van der Waals surface area contributed by atoms with Gasteiger partial charge in [0.05, 0.1) is 31.1 Å². The molecule has 26 heavy (non-hydrogen) atoms. The number of carbonyl (C=O) groups excluding carboxylic acids is 1.